The third-order valence-electron chi connectivity index (χ3n) is 3.08. The van der Waals surface area contributed by atoms with E-state index in [1.54, 1.807) is 6.07 Å². The minimum absolute atomic E-state index is 0.466. The summed E-state index contributed by atoms with van der Waals surface area (Å²) >= 11 is 0. The molecule has 2 unspecified atom stereocenters. The summed E-state index contributed by atoms with van der Waals surface area (Å²) in [6, 6.07) is 11.2. The molecule has 3 N–H and O–H groups in total. The van der Waals surface area contributed by atoms with E-state index in [0.717, 1.165) is 10.8 Å². The highest BCUT2D eigenvalue weighted by Gasteiger charge is 2.23. The molecule has 0 radical (unpaired) electrons. The topological polar surface area (TPSA) is 69.9 Å². The van der Waals surface area contributed by atoms with Crippen LogP contribution in [0.5, 0.6) is 5.75 Å². The van der Waals surface area contributed by atoms with Crippen LogP contribution in [0.2, 0.25) is 0 Å². The minimum atomic E-state index is -1.23. The van der Waals surface area contributed by atoms with Crippen LogP contribution >= 0.6 is 0 Å². The Hall–Kier alpha value is -1.62. The quantitative estimate of drug-likeness (QED) is 0.766. The predicted octanol–water partition coefficient (Wildman–Crippen LogP) is 1.63. The van der Waals surface area contributed by atoms with Crippen LogP contribution < -0.4 is 4.74 Å². The number of hydrogen-bond donors (Lipinski definition) is 3. The monoisotopic (exact) mass is 262 g/mol. The second-order valence-electron chi connectivity index (χ2n) is 4.33. The SMILES string of the molecule is CCOc1ccc2ccccc2c1C(O)C(O)CO. The lowest BCUT2D eigenvalue weighted by Gasteiger charge is -2.21. The maximum absolute atomic E-state index is 10.2. The Labute approximate surface area is 111 Å². The number of rotatable bonds is 5. The lowest BCUT2D eigenvalue weighted by molar-refractivity contribution is -0.0156. The second kappa shape index (κ2) is 6.02. The zero-order chi connectivity index (χ0) is 13.8. The normalized spacial score (nSPS) is 14.3. The first-order valence-electron chi connectivity index (χ1n) is 6.30. The van der Waals surface area contributed by atoms with Crippen molar-refractivity contribution < 1.29 is 20.1 Å². The summed E-state index contributed by atoms with van der Waals surface area (Å²) in [4.78, 5) is 0. The molecule has 0 aliphatic rings. The zero-order valence-electron chi connectivity index (χ0n) is 10.8. The van der Waals surface area contributed by atoms with Crippen LogP contribution in [0.4, 0.5) is 0 Å². The van der Waals surface area contributed by atoms with Gasteiger partial charge in [0.15, 0.2) is 0 Å². The molecule has 0 fully saturated rings. The third kappa shape index (κ3) is 2.71. The van der Waals surface area contributed by atoms with E-state index in [1.807, 2.05) is 37.3 Å². The summed E-state index contributed by atoms with van der Waals surface area (Å²) in [5.41, 5.74) is 0.515. The first-order valence-corrected chi connectivity index (χ1v) is 6.30. The highest BCUT2D eigenvalue weighted by Crippen LogP contribution is 2.34. The molecule has 0 spiro atoms. The largest absolute Gasteiger partial charge is 0.493 e. The van der Waals surface area contributed by atoms with E-state index in [1.165, 1.54) is 0 Å². The van der Waals surface area contributed by atoms with Gasteiger partial charge in [-0.1, -0.05) is 30.3 Å². The molecule has 0 bridgehead atoms. The van der Waals surface area contributed by atoms with Gasteiger partial charge in [-0.3, -0.25) is 0 Å². The fourth-order valence-corrected chi connectivity index (χ4v) is 2.15. The summed E-state index contributed by atoms with van der Waals surface area (Å²) in [6.07, 6.45) is -2.41. The van der Waals surface area contributed by atoms with Gasteiger partial charge < -0.3 is 20.1 Å². The molecule has 2 atom stereocenters. The summed E-state index contributed by atoms with van der Waals surface area (Å²) in [5, 5.41) is 30.7. The first-order chi connectivity index (χ1) is 9.19. The van der Waals surface area contributed by atoms with Crippen LogP contribution in [0.3, 0.4) is 0 Å². The van der Waals surface area contributed by atoms with E-state index in [-0.39, 0.29) is 0 Å². The van der Waals surface area contributed by atoms with Gasteiger partial charge >= 0.3 is 0 Å². The molecule has 0 amide bonds. The van der Waals surface area contributed by atoms with E-state index < -0.39 is 18.8 Å². The van der Waals surface area contributed by atoms with Gasteiger partial charge in [-0.2, -0.15) is 0 Å². The second-order valence-corrected chi connectivity index (χ2v) is 4.33. The van der Waals surface area contributed by atoms with Crippen molar-refractivity contribution in [2.75, 3.05) is 13.2 Å². The molecule has 0 aliphatic heterocycles. The van der Waals surface area contributed by atoms with Gasteiger partial charge in [-0.05, 0) is 23.8 Å². The number of hydrogen-bond acceptors (Lipinski definition) is 4. The van der Waals surface area contributed by atoms with Crippen LogP contribution in [0.1, 0.15) is 18.6 Å². The maximum atomic E-state index is 10.2. The van der Waals surface area contributed by atoms with Crippen molar-refractivity contribution in [3.05, 3.63) is 42.0 Å². The van der Waals surface area contributed by atoms with Gasteiger partial charge in [0.25, 0.3) is 0 Å². The highest BCUT2D eigenvalue weighted by atomic mass is 16.5. The van der Waals surface area contributed by atoms with Crippen molar-refractivity contribution in [2.45, 2.75) is 19.1 Å². The number of ether oxygens (including phenoxy) is 1. The van der Waals surface area contributed by atoms with Gasteiger partial charge in [0.05, 0.1) is 13.2 Å². The van der Waals surface area contributed by atoms with E-state index in [2.05, 4.69) is 0 Å². The van der Waals surface area contributed by atoms with E-state index in [0.29, 0.717) is 17.9 Å². The number of aliphatic hydroxyl groups is 3. The molecule has 2 rings (SSSR count). The lowest BCUT2D eigenvalue weighted by Crippen LogP contribution is -2.23. The number of fused-ring (bicyclic) bond motifs is 1. The molecule has 2 aromatic carbocycles. The summed E-state index contributed by atoms with van der Waals surface area (Å²) < 4.78 is 5.51. The van der Waals surface area contributed by atoms with E-state index >= 15 is 0 Å². The van der Waals surface area contributed by atoms with Gasteiger partial charge in [0.1, 0.15) is 18.0 Å². The Morgan fingerprint density at radius 3 is 2.53 bits per heavy atom. The third-order valence-corrected chi connectivity index (χ3v) is 3.08. The van der Waals surface area contributed by atoms with Crippen molar-refractivity contribution >= 4 is 10.8 Å². The highest BCUT2D eigenvalue weighted by molar-refractivity contribution is 5.88. The Morgan fingerprint density at radius 1 is 1.11 bits per heavy atom. The van der Waals surface area contributed by atoms with Gasteiger partial charge in [-0.25, -0.2) is 0 Å². The molecule has 0 saturated heterocycles. The van der Waals surface area contributed by atoms with Gasteiger partial charge in [0, 0.05) is 5.56 Å². The van der Waals surface area contributed by atoms with Crippen molar-refractivity contribution in [3.8, 4) is 5.75 Å². The van der Waals surface area contributed by atoms with Crippen LogP contribution in [-0.4, -0.2) is 34.6 Å². The van der Waals surface area contributed by atoms with Crippen LogP contribution in [-0.2, 0) is 0 Å². The fourth-order valence-electron chi connectivity index (χ4n) is 2.15. The Balaban J connectivity index is 2.61. The number of aliphatic hydroxyl groups excluding tert-OH is 3. The van der Waals surface area contributed by atoms with Crippen LogP contribution in [0, 0.1) is 0 Å². The standard InChI is InChI=1S/C15H18O4/c1-2-19-13-8-7-10-5-3-4-6-11(10)14(13)15(18)12(17)9-16/h3-8,12,15-18H,2,9H2,1H3. The van der Waals surface area contributed by atoms with Crippen molar-refractivity contribution in [2.24, 2.45) is 0 Å². The Morgan fingerprint density at radius 2 is 1.84 bits per heavy atom. The Kier molecular flexibility index (Phi) is 4.37. The molecule has 0 saturated carbocycles. The molecule has 2 aromatic rings. The smallest absolute Gasteiger partial charge is 0.125 e. The fraction of sp³-hybridized carbons (Fsp3) is 0.333. The predicted molar refractivity (Wildman–Crippen MR) is 73.2 cm³/mol. The van der Waals surface area contributed by atoms with Gasteiger partial charge in [0.2, 0.25) is 0 Å². The molecular formula is C15H18O4. The average molecular weight is 262 g/mol. The molecule has 102 valence electrons. The van der Waals surface area contributed by atoms with Gasteiger partial charge in [-0.15, -0.1) is 0 Å². The Bertz CT molecular complexity index is 553. The van der Waals surface area contributed by atoms with Crippen molar-refractivity contribution in [3.63, 3.8) is 0 Å². The van der Waals surface area contributed by atoms with E-state index in [9.17, 15) is 10.2 Å². The molecular weight excluding hydrogens is 244 g/mol. The minimum Gasteiger partial charge on any atom is -0.493 e. The number of benzene rings is 2. The molecule has 4 nitrogen and oxygen atoms in total. The average Bonchev–Trinajstić information content (AvgIpc) is 2.45. The summed E-state index contributed by atoms with van der Waals surface area (Å²) in [6.45, 7) is 1.82. The molecule has 0 heterocycles. The van der Waals surface area contributed by atoms with Crippen LogP contribution in [0.25, 0.3) is 10.8 Å². The zero-order valence-corrected chi connectivity index (χ0v) is 10.8. The van der Waals surface area contributed by atoms with Crippen LogP contribution in [0.15, 0.2) is 36.4 Å². The molecule has 0 aromatic heterocycles. The van der Waals surface area contributed by atoms with Crippen molar-refractivity contribution in [1.82, 2.24) is 0 Å². The molecule has 19 heavy (non-hydrogen) atoms. The summed E-state index contributed by atoms with van der Waals surface area (Å²) in [5.74, 6) is 0.529. The molecule has 0 aliphatic carbocycles. The lowest BCUT2D eigenvalue weighted by atomic mass is 9.96. The van der Waals surface area contributed by atoms with E-state index in [4.69, 9.17) is 9.84 Å². The maximum Gasteiger partial charge on any atom is 0.125 e. The first kappa shape index (κ1) is 13.8. The van der Waals surface area contributed by atoms with Crippen molar-refractivity contribution in [1.29, 1.82) is 0 Å². The molecule has 4 heteroatoms. The summed E-state index contributed by atoms with van der Waals surface area (Å²) in [7, 11) is 0.